The second-order valence-corrected chi connectivity index (χ2v) is 6.36. The number of carbonyl (C=O) groups is 1. The molecule has 1 heterocycles. The van der Waals surface area contributed by atoms with Gasteiger partial charge in [0.1, 0.15) is 0 Å². The molecule has 0 aromatic heterocycles. The molecule has 108 valence electrons. The Morgan fingerprint density at radius 2 is 1.80 bits per heavy atom. The molecule has 1 aromatic carbocycles. The fourth-order valence-electron chi connectivity index (χ4n) is 3.62. The maximum atomic E-state index is 11.7. The van der Waals surface area contributed by atoms with Gasteiger partial charge in [0, 0.05) is 13.1 Å². The summed E-state index contributed by atoms with van der Waals surface area (Å²) >= 11 is 6.42. The summed E-state index contributed by atoms with van der Waals surface area (Å²) < 4.78 is 0. The molecule has 0 bridgehead atoms. The smallest absolute Gasteiger partial charge is 0.314 e. The largest absolute Gasteiger partial charge is 0.481 e. The number of rotatable bonds is 3. The fraction of sp³-hybridized carbons (Fsp3) is 0.562. The van der Waals surface area contributed by atoms with Crippen molar-refractivity contribution < 1.29 is 9.90 Å². The highest BCUT2D eigenvalue weighted by Gasteiger charge is 2.43. The van der Waals surface area contributed by atoms with Gasteiger partial charge in [-0.3, -0.25) is 4.79 Å². The average Bonchev–Trinajstić information content (AvgIpc) is 3.11. The molecular formula is C16H20ClNO2. The Bertz CT molecular complexity index is 517. The summed E-state index contributed by atoms with van der Waals surface area (Å²) in [6.07, 6.45) is 5.83. The highest BCUT2D eigenvalue weighted by atomic mass is 35.5. The quantitative estimate of drug-likeness (QED) is 0.920. The maximum absolute atomic E-state index is 11.7. The maximum Gasteiger partial charge on any atom is 0.314 e. The van der Waals surface area contributed by atoms with Gasteiger partial charge in [0.25, 0.3) is 0 Å². The first kappa shape index (κ1) is 13.7. The SMILES string of the molecule is O=C(O)C1(c2ccc(N3CCCC3)c(Cl)c2)CCCC1. The zero-order valence-electron chi connectivity index (χ0n) is 11.6. The molecule has 1 saturated carbocycles. The first-order valence-electron chi connectivity index (χ1n) is 7.42. The van der Waals surface area contributed by atoms with Crippen LogP contribution in [0.4, 0.5) is 5.69 Å². The van der Waals surface area contributed by atoms with Gasteiger partial charge in [-0.2, -0.15) is 0 Å². The Hall–Kier alpha value is -1.22. The van der Waals surface area contributed by atoms with Crippen LogP contribution in [0.15, 0.2) is 18.2 Å². The standard InChI is InChI=1S/C16H20ClNO2/c17-13-11-12(16(15(19)20)7-1-2-8-16)5-6-14(13)18-9-3-4-10-18/h5-6,11H,1-4,7-10H2,(H,19,20). The molecule has 3 rings (SSSR count). The van der Waals surface area contributed by atoms with E-state index in [1.807, 2.05) is 18.2 Å². The predicted molar refractivity (Wildman–Crippen MR) is 80.7 cm³/mol. The minimum Gasteiger partial charge on any atom is -0.481 e. The van der Waals surface area contributed by atoms with Gasteiger partial charge in [-0.1, -0.05) is 30.5 Å². The van der Waals surface area contributed by atoms with Gasteiger partial charge in [-0.25, -0.2) is 0 Å². The highest BCUT2D eigenvalue weighted by molar-refractivity contribution is 6.33. The molecule has 0 radical (unpaired) electrons. The molecule has 0 unspecified atom stereocenters. The van der Waals surface area contributed by atoms with Crippen LogP contribution in [0.25, 0.3) is 0 Å². The summed E-state index contributed by atoms with van der Waals surface area (Å²) in [4.78, 5) is 14.0. The number of carboxylic acid groups (broad SMARTS) is 1. The molecule has 1 saturated heterocycles. The highest BCUT2D eigenvalue weighted by Crippen LogP contribution is 2.43. The molecular weight excluding hydrogens is 274 g/mol. The monoisotopic (exact) mass is 293 g/mol. The van der Waals surface area contributed by atoms with Crippen molar-refractivity contribution in [1.82, 2.24) is 0 Å². The molecule has 1 aliphatic heterocycles. The first-order chi connectivity index (χ1) is 9.63. The molecule has 1 aliphatic carbocycles. The minimum atomic E-state index is -0.715. The number of carboxylic acids is 1. The summed E-state index contributed by atoms with van der Waals surface area (Å²) in [6, 6.07) is 5.86. The van der Waals surface area contributed by atoms with Crippen molar-refractivity contribution in [2.24, 2.45) is 0 Å². The lowest BCUT2D eigenvalue weighted by Crippen LogP contribution is -2.32. The van der Waals surface area contributed by atoms with Crippen molar-refractivity contribution in [2.75, 3.05) is 18.0 Å². The van der Waals surface area contributed by atoms with E-state index in [9.17, 15) is 9.90 Å². The van der Waals surface area contributed by atoms with E-state index in [4.69, 9.17) is 11.6 Å². The van der Waals surface area contributed by atoms with Gasteiger partial charge in [-0.15, -0.1) is 0 Å². The zero-order valence-corrected chi connectivity index (χ0v) is 12.3. The number of benzene rings is 1. The normalized spacial score (nSPS) is 21.4. The minimum absolute atomic E-state index is 0.692. The van der Waals surface area contributed by atoms with E-state index < -0.39 is 11.4 Å². The van der Waals surface area contributed by atoms with Crippen LogP contribution in [0.5, 0.6) is 0 Å². The molecule has 0 spiro atoms. The van der Waals surface area contributed by atoms with E-state index in [1.165, 1.54) is 12.8 Å². The number of hydrogen-bond acceptors (Lipinski definition) is 2. The van der Waals surface area contributed by atoms with E-state index in [-0.39, 0.29) is 0 Å². The Labute approximate surface area is 124 Å². The first-order valence-corrected chi connectivity index (χ1v) is 7.80. The summed E-state index contributed by atoms with van der Waals surface area (Å²) in [7, 11) is 0. The van der Waals surface area contributed by atoms with Crippen LogP contribution in [-0.4, -0.2) is 24.2 Å². The molecule has 20 heavy (non-hydrogen) atoms. The van der Waals surface area contributed by atoms with Gasteiger partial charge in [0.2, 0.25) is 0 Å². The van der Waals surface area contributed by atoms with E-state index >= 15 is 0 Å². The molecule has 1 aromatic rings. The van der Waals surface area contributed by atoms with E-state index in [2.05, 4.69) is 4.90 Å². The Balaban J connectivity index is 1.95. The Morgan fingerprint density at radius 3 is 2.35 bits per heavy atom. The van der Waals surface area contributed by atoms with Gasteiger partial charge < -0.3 is 10.0 Å². The van der Waals surface area contributed by atoms with Crippen molar-refractivity contribution in [3.05, 3.63) is 28.8 Å². The van der Waals surface area contributed by atoms with Crippen molar-refractivity contribution in [3.63, 3.8) is 0 Å². The van der Waals surface area contributed by atoms with Crippen LogP contribution in [-0.2, 0) is 10.2 Å². The second kappa shape index (κ2) is 5.28. The second-order valence-electron chi connectivity index (χ2n) is 5.95. The third kappa shape index (κ3) is 2.18. The van der Waals surface area contributed by atoms with Crippen LogP contribution in [0.3, 0.4) is 0 Å². The molecule has 0 atom stereocenters. The molecule has 2 aliphatic rings. The van der Waals surface area contributed by atoms with E-state index in [1.54, 1.807) is 0 Å². The van der Waals surface area contributed by atoms with Crippen molar-refractivity contribution >= 4 is 23.3 Å². The van der Waals surface area contributed by atoms with Crippen LogP contribution in [0, 0.1) is 0 Å². The average molecular weight is 294 g/mol. The number of hydrogen-bond donors (Lipinski definition) is 1. The predicted octanol–water partition coefficient (Wildman–Crippen LogP) is 3.84. The number of aliphatic carboxylic acids is 1. The number of nitrogens with zero attached hydrogens (tertiary/aromatic N) is 1. The lowest BCUT2D eigenvalue weighted by molar-refractivity contribution is -0.143. The third-order valence-corrected chi connectivity index (χ3v) is 5.12. The van der Waals surface area contributed by atoms with Crippen molar-refractivity contribution in [2.45, 2.75) is 43.9 Å². The van der Waals surface area contributed by atoms with Crippen LogP contribution < -0.4 is 4.90 Å². The third-order valence-electron chi connectivity index (χ3n) is 4.81. The molecule has 4 heteroatoms. The van der Waals surface area contributed by atoms with Gasteiger partial charge in [0.05, 0.1) is 16.1 Å². The van der Waals surface area contributed by atoms with E-state index in [0.717, 1.165) is 50.0 Å². The van der Waals surface area contributed by atoms with Crippen LogP contribution in [0.2, 0.25) is 5.02 Å². The summed E-state index contributed by atoms with van der Waals surface area (Å²) in [5, 5.41) is 10.3. The van der Waals surface area contributed by atoms with Gasteiger partial charge in [0.15, 0.2) is 0 Å². The zero-order chi connectivity index (χ0) is 14.2. The fourth-order valence-corrected chi connectivity index (χ4v) is 3.92. The molecule has 2 fully saturated rings. The molecule has 0 amide bonds. The van der Waals surface area contributed by atoms with Gasteiger partial charge >= 0.3 is 5.97 Å². The topological polar surface area (TPSA) is 40.5 Å². The number of anilines is 1. The Kier molecular flexibility index (Phi) is 3.63. The van der Waals surface area contributed by atoms with Crippen molar-refractivity contribution in [1.29, 1.82) is 0 Å². The summed E-state index contributed by atoms with van der Waals surface area (Å²) in [5.41, 5.74) is 1.20. The lowest BCUT2D eigenvalue weighted by Gasteiger charge is -2.26. The molecule has 3 nitrogen and oxygen atoms in total. The summed E-state index contributed by atoms with van der Waals surface area (Å²) in [6.45, 7) is 2.09. The number of halogens is 1. The van der Waals surface area contributed by atoms with Crippen LogP contribution >= 0.6 is 11.6 Å². The molecule has 1 N–H and O–H groups in total. The van der Waals surface area contributed by atoms with Crippen LogP contribution in [0.1, 0.15) is 44.1 Å². The van der Waals surface area contributed by atoms with Crippen molar-refractivity contribution in [3.8, 4) is 0 Å². The van der Waals surface area contributed by atoms with Gasteiger partial charge in [-0.05, 0) is 43.4 Å². The Morgan fingerprint density at radius 1 is 1.15 bits per heavy atom. The summed E-state index contributed by atoms with van der Waals surface area (Å²) in [5.74, 6) is -0.708. The lowest BCUT2D eigenvalue weighted by atomic mass is 9.79. The van der Waals surface area contributed by atoms with E-state index in [0.29, 0.717) is 5.02 Å².